The van der Waals surface area contributed by atoms with Crippen molar-refractivity contribution >= 4 is 5.97 Å². The van der Waals surface area contributed by atoms with Gasteiger partial charge in [-0.3, -0.25) is 9.97 Å². The lowest BCUT2D eigenvalue weighted by Gasteiger charge is -2.11. The third-order valence-electron chi connectivity index (χ3n) is 4.65. The second kappa shape index (κ2) is 9.87. The average molecular weight is 406 g/mol. The summed E-state index contributed by atoms with van der Waals surface area (Å²) >= 11 is 0. The summed E-state index contributed by atoms with van der Waals surface area (Å²) in [6, 6.07) is 14.7. The Kier molecular flexibility index (Phi) is 7.01. The van der Waals surface area contributed by atoms with E-state index in [9.17, 15) is 4.79 Å². The highest BCUT2D eigenvalue weighted by Crippen LogP contribution is 2.18. The molecule has 2 aromatic carbocycles. The monoisotopic (exact) mass is 406 g/mol. The number of hydrogen-bond donors (Lipinski definition) is 0. The SMILES string of the molecule is CCOC(=O)c1ccc(OCc2ccc(OCc3nc(C)c(C)nc3C)cc2)cc1. The van der Waals surface area contributed by atoms with Crippen LogP contribution < -0.4 is 9.47 Å². The van der Waals surface area contributed by atoms with E-state index in [-0.39, 0.29) is 5.97 Å². The van der Waals surface area contributed by atoms with Crippen molar-refractivity contribution in [3.05, 3.63) is 82.4 Å². The van der Waals surface area contributed by atoms with Crippen LogP contribution in [0.3, 0.4) is 0 Å². The Hall–Kier alpha value is -3.41. The van der Waals surface area contributed by atoms with E-state index in [0.717, 1.165) is 34.1 Å². The summed E-state index contributed by atoms with van der Waals surface area (Å²) in [4.78, 5) is 20.7. The van der Waals surface area contributed by atoms with Gasteiger partial charge >= 0.3 is 5.97 Å². The Morgan fingerprint density at radius 1 is 0.767 bits per heavy atom. The largest absolute Gasteiger partial charge is 0.489 e. The molecule has 1 aromatic heterocycles. The van der Waals surface area contributed by atoms with Gasteiger partial charge in [0.15, 0.2) is 0 Å². The maximum atomic E-state index is 11.7. The molecule has 6 nitrogen and oxygen atoms in total. The first-order valence-electron chi connectivity index (χ1n) is 9.88. The zero-order valence-electron chi connectivity index (χ0n) is 17.8. The minimum Gasteiger partial charge on any atom is -0.489 e. The number of ether oxygens (including phenoxy) is 3. The van der Waals surface area contributed by atoms with Crippen LogP contribution in [0.15, 0.2) is 48.5 Å². The van der Waals surface area contributed by atoms with Crippen molar-refractivity contribution in [2.75, 3.05) is 6.61 Å². The summed E-state index contributed by atoms with van der Waals surface area (Å²) < 4.78 is 16.6. The lowest BCUT2D eigenvalue weighted by atomic mass is 10.2. The van der Waals surface area contributed by atoms with Crippen molar-refractivity contribution in [2.24, 2.45) is 0 Å². The molecule has 3 aromatic rings. The van der Waals surface area contributed by atoms with E-state index >= 15 is 0 Å². The third kappa shape index (κ3) is 5.56. The first-order chi connectivity index (χ1) is 14.5. The van der Waals surface area contributed by atoms with Gasteiger partial charge in [0, 0.05) is 0 Å². The molecule has 0 aliphatic rings. The number of benzene rings is 2. The molecule has 30 heavy (non-hydrogen) atoms. The number of hydrogen-bond acceptors (Lipinski definition) is 6. The van der Waals surface area contributed by atoms with Crippen molar-refractivity contribution in [2.45, 2.75) is 40.9 Å². The van der Waals surface area contributed by atoms with E-state index in [1.54, 1.807) is 31.2 Å². The predicted molar refractivity (Wildman–Crippen MR) is 114 cm³/mol. The van der Waals surface area contributed by atoms with Gasteiger partial charge in [-0.1, -0.05) is 12.1 Å². The van der Waals surface area contributed by atoms with Crippen molar-refractivity contribution in [1.82, 2.24) is 9.97 Å². The molecule has 0 saturated carbocycles. The summed E-state index contributed by atoms with van der Waals surface area (Å²) in [5, 5.41) is 0. The molecule has 0 fully saturated rings. The molecule has 1 heterocycles. The average Bonchev–Trinajstić information content (AvgIpc) is 2.75. The van der Waals surface area contributed by atoms with Gasteiger partial charge in [-0.25, -0.2) is 4.79 Å². The molecule has 0 aliphatic heterocycles. The number of rotatable bonds is 8. The van der Waals surface area contributed by atoms with E-state index in [1.807, 2.05) is 45.0 Å². The van der Waals surface area contributed by atoms with E-state index in [0.29, 0.717) is 31.1 Å². The van der Waals surface area contributed by atoms with Crippen molar-refractivity contribution < 1.29 is 19.0 Å². The third-order valence-corrected chi connectivity index (χ3v) is 4.65. The molecule has 0 saturated heterocycles. The lowest BCUT2D eigenvalue weighted by molar-refractivity contribution is 0.0526. The molecule has 0 amide bonds. The quantitative estimate of drug-likeness (QED) is 0.504. The van der Waals surface area contributed by atoms with Crippen LogP contribution in [-0.4, -0.2) is 22.5 Å². The van der Waals surface area contributed by atoms with Crippen LogP contribution >= 0.6 is 0 Å². The van der Waals surface area contributed by atoms with Crippen LogP contribution in [0.5, 0.6) is 11.5 Å². The second-order valence-electron chi connectivity index (χ2n) is 6.89. The van der Waals surface area contributed by atoms with Crippen molar-refractivity contribution in [3.8, 4) is 11.5 Å². The Labute approximate surface area is 176 Å². The molecule has 0 unspecified atom stereocenters. The molecule has 0 spiro atoms. The van der Waals surface area contributed by atoms with E-state index in [1.165, 1.54) is 0 Å². The van der Waals surface area contributed by atoms with Crippen LogP contribution in [-0.2, 0) is 18.0 Å². The van der Waals surface area contributed by atoms with Gasteiger partial charge in [0.2, 0.25) is 0 Å². The Morgan fingerprint density at radius 3 is 1.97 bits per heavy atom. The summed E-state index contributed by atoms with van der Waals surface area (Å²) in [6.07, 6.45) is 0. The van der Waals surface area contributed by atoms with Crippen molar-refractivity contribution in [3.63, 3.8) is 0 Å². The number of aromatic nitrogens is 2. The fourth-order valence-electron chi connectivity index (χ4n) is 2.80. The minimum absolute atomic E-state index is 0.332. The molecule has 3 rings (SSSR count). The normalized spacial score (nSPS) is 10.5. The van der Waals surface area contributed by atoms with Gasteiger partial charge in [-0.05, 0) is 69.7 Å². The molecular formula is C24H26N2O4. The number of esters is 1. The molecule has 0 N–H and O–H groups in total. The van der Waals surface area contributed by atoms with Gasteiger partial charge in [0.1, 0.15) is 24.7 Å². The van der Waals surface area contributed by atoms with Crippen molar-refractivity contribution in [1.29, 1.82) is 0 Å². The van der Waals surface area contributed by atoms with Gasteiger partial charge in [-0.15, -0.1) is 0 Å². The van der Waals surface area contributed by atoms with Crippen LogP contribution in [0.25, 0.3) is 0 Å². The van der Waals surface area contributed by atoms with Gasteiger partial charge in [-0.2, -0.15) is 0 Å². The molecule has 0 atom stereocenters. The Bertz CT molecular complexity index is 999. The van der Waals surface area contributed by atoms with E-state index in [4.69, 9.17) is 14.2 Å². The van der Waals surface area contributed by atoms with Gasteiger partial charge < -0.3 is 14.2 Å². The number of nitrogens with zero attached hydrogens (tertiary/aromatic N) is 2. The molecule has 0 aliphatic carbocycles. The smallest absolute Gasteiger partial charge is 0.338 e. The highest BCUT2D eigenvalue weighted by molar-refractivity contribution is 5.89. The first kappa shape index (κ1) is 21.3. The van der Waals surface area contributed by atoms with Crippen LogP contribution in [0, 0.1) is 20.8 Å². The topological polar surface area (TPSA) is 70.5 Å². The van der Waals surface area contributed by atoms with Gasteiger partial charge in [0.05, 0.1) is 34.9 Å². The standard InChI is InChI=1S/C24H26N2O4/c1-5-28-24(27)20-8-12-22(13-9-20)29-14-19-6-10-21(11-7-19)30-15-23-18(4)25-16(2)17(3)26-23/h6-13H,5,14-15H2,1-4H3. The molecule has 156 valence electrons. The van der Waals surface area contributed by atoms with Crippen LogP contribution in [0.1, 0.15) is 45.6 Å². The fraction of sp³-hybridized carbons (Fsp3) is 0.292. The highest BCUT2D eigenvalue weighted by Gasteiger charge is 2.08. The molecule has 0 radical (unpaired) electrons. The summed E-state index contributed by atoms with van der Waals surface area (Å²) in [6.45, 7) is 8.78. The number of carbonyl (C=O) groups excluding carboxylic acids is 1. The van der Waals surface area contributed by atoms with E-state index < -0.39 is 0 Å². The van der Waals surface area contributed by atoms with Gasteiger partial charge in [0.25, 0.3) is 0 Å². The Morgan fingerprint density at radius 2 is 1.33 bits per heavy atom. The van der Waals surface area contributed by atoms with Crippen LogP contribution in [0.4, 0.5) is 0 Å². The number of carbonyl (C=O) groups is 1. The van der Waals surface area contributed by atoms with Crippen LogP contribution in [0.2, 0.25) is 0 Å². The van der Waals surface area contributed by atoms with E-state index in [2.05, 4.69) is 9.97 Å². The molecular weight excluding hydrogens is 380 g/mol. The Balaban J connectivity index is 1.52. The fourth-order valence-corrected chi connectivity index (χ4v) is 2.80. The number of aryl methyl sites for hydroxylation is 3. The summed E-state index contributed by atoms with van der Waals surface area (Å²) in [7, 11) is 0. The first-order valence-corrected chi connectivity index (χ1v) is 9.88. The minimum atomic E-state index is -0.332. The molecule has 0 bridgehead atoms. The maximum Gasteiger partial charge on any atom is 0.338 e. The zero-order valence-corrected chi connectivity index (χ0v) is 17.8. The highest BCUT2D eigenvalue weighted by atomic mass is 16.5. The summed E-state index contributed by atoms with van der Waals surface area (Å²) in [5.74, 6) is 1.12. The lowest BCUT2D eigenvalue weighted by Crippen LogP contribution is -2.06. The zero-order chi connectivity index (χ0) is 21.5. The maximum absolute atomic E-state index is 11.7. The second-order valence-corrected chi connectivity index (χ2v) is 6.89. The predicted octanol–water partition coefficient (Wildman–Crippen LogP) is 4.74. The molecule has 6 heteroatoms. The summed E-state index contributed by atoms with van der Waals surface area (Å²) in [5.41, 5.74) is 5.11.